The van der Waals surface area contributed by atoms with E-state index in [2.05, 4.69) is 5.32 Å². The first-order valence-electron chi connectivity index (χ1n) is 8.63. The second kappa shape index (κ2) is 9.10. The third kappa shape index (κ3) is 5.37. The van der Waals surface area contributed by atoms with Crippen LogP contribution < -0.4 is 10.1 Å². The number of nitrogens with one attached hydrogen (secondary N) is 1. The molecular weight excluding hydrogens is 382 g/mol. The van der Waals surface area contributed by atoms with E-state index in [1.165, 1.54) is 0 Å². The third-order valence-corrected chi connectivity index (χ3v) is 4.07. The molecular formula is C21H18ClNO5. The summed E-state index contributed by atoms with van der Waals surface area (Å²) in [6, 6.07) is 17.3. The van der Waals surface area contributed by atoms with E-state index in [0.29, 0.717) is 28.6 Å². The van der Waals surface area contributed by atoms with Crippen molar-refractivity contribution in [1.29, 1.82) is 0 Å². The quantitative estimate of drug-likeness (QED) is 0.514. The molecule has 0 saturated carbocycles. The number of carbonyl (C=O) groups excluding carboxylic acids is 1. The molecule has 0 unspecified atom stereocenters. The number of ether oxygens (including phenoxy) is 1. The molecule has 0 saturated heterocycles. The van der Waals surface area contributed by atoms with Crippen molar-refractivity contribution in [2.75, 3.05) is 11.9 Å². The highest BCUT2D eigenvalue weighted by molar-refractivity contribution is 6.30. The molecule has 3 rings (SSSR count). The maximum absolute atomic E-state index is 12.4. The SMILES string of the molecule is O=C(O)CCCOc1cccc(NC(=O)c2ccc(-c3cccc(Cl)c3)o2)c1. The number of carboxylic acids is 1. The summed E-state index contributed by atoms with van der Waals surface area (Å²) in [4.78, 5) is 22.9. The van der Waals surface area contributed by atoms with E-state index in [4.69, 9.17) is 25.9 Å². The van der Waals surface area contributed by atoms with Gasteiger partial charge in [-0.1, -0.05) is 29.8 Å². The number of halogens is 1. The van der Waals surface area contributed by atoms with Crippen LogP contribution in [-0.4, -0.2) is 23.6 Å². The van der Waals surface area contributed by atoms with Gasteiger partial charge in [0, 0.05) is 28.8 Å². The van der Waals surface area contributed by atoms with Gasteiger partial charge in [-0.15, -0.1) is 0 Å². The molecule has 0 spiro atoms. The lowest BCUT2D eigenvalue weighted by Gasteiger charge is -2.08. The summed E-state index contributed by atoms with van der Waals surface area (Å²) in [5.74, 6) is 0.00433. The molecule has 2 aromatic carbocycles. The highest BCUT2D eigenvalue weighted by Gasteiger charge is 2.13. The molecule has 1 heterocycles. The predicted octanol–water partition coefficient (Wildman–Crippen LogP) is 5.10. The van der Waals surface area contributed by atoms with Crippen LogP contribution in [0.1, 0.15) is 23.4 Å². The molecule has 0 fully saturated rings. The van der Waals surface area contributed by atoms with E-state index in [-0.39, 0.29) is 18.8 Å². The van der Waals surface area contributed by atoms with Crippen LogP contribution in [0, 0.1) is 0 Å². The zero-order valence-electron chi connectivity index (χ0n) is 14.9. The first kappa shape index (κ1) is 19.5. The molecule has 0 radical (unpaired) electrons. The minimum absolute atomic E-state index is 0.0455. The van der Waals surface area contributed by atoms with Crippen molar-refractivity contribution >= 4 is 29.2 Å². The van der Waals surface area contributed by atoms with Gasteiger partial charge in [-0.05, 0) is 42.8 Å². The summed E-state index contributed by atoms with van der Waals surface area (Å²) in [6.07, 6.45) is 0.453. The van der Waals surface area contributed by atoms with E-state index < -0.39 is 11.9 Å². The van der Waals surface area contributed by atoms with Gasteiger partial charge in [0.15, 0.2) is 5.76 Å². The van der Waals surface area contributed by atoms with Gasteiger partial charge < -0.3 is 19.6 Å². The Hall–Kier alpha value is -3.25. The monoisotopic (exact) mass is 399 g/mol. The van der Waals surface area contributed by atoms with Gasteiger partial charge in [-0.25, -0.2) is 0 Å². The smallest absolute Gasteiger partial charge is 0.303 e. The molecule has 0 aliphatic carbocycles. The van der Waals surface area contributed by atoms with Crippen LogP contribution in [0.2, 0.25) is 5.02 Å². The maximum atomic E-state index is 12.4. The number of benzene rings is 2. The third-order valence-electron chi connectivity index (χ3n) is 3.83. The predicted molar refractivity (Wildman–Crippen MR) is 106 cm³/mol. The van der Waals surface area contributed by atoms with Gasteiger partial charge in [0.05, 0.1) is 6.61 Å². The van der Waals surface area contributed by atoms with E-state index in [9.17, 15) is 9.59 Å². The van der Waals surface area contributed by atoms with E-state index in [0.717, 1.165) is 5.56 Å². The molecule has 3 aromatic rings. The van der Waals surface area contributed by atoms with Crippen molar-refractivity contribution in [2.45, 2.75) is 12.8 Å². The van der Waals surface area contributed by atoms with Gasteiger partial charge in [0.25, 0.3) is 5.91 Å². The number of hydrogen-bond acceptors (Lipinski definition) is 4. The summed E-state index contributed by atoms with van der Waals surface area (Å²) >= 11 is 5.99. The van der Waals surface area contributed by atoms with Crippen molar-refractivity contribution in [3.05, 3.63) is 71.4 Å². The molecule has 2 N–H and O–H groups in total. The Kier molecular flexibility index (Phi) is 6.34. The van der Waals surface area contributed by atoms with E-state index in [1.54, 1.807) is 48.5 Å². The lowest BCUT2D eigenvalue weighted by molar-refractivity contribution is -0.137. The molecule has 0 bridgehead atoms. The summed E-state index contributed by atoms with van der Waals surface area (Å²) in [7, 11) is 0. The Bertz CT molecular complexity index is 982. The standard InChI is InChI=1S/C21H18ClNO5/c22-15-5-1-4-14(12-15)18-9-10-19(28-18)21(26)23-16-6-2-7-17(13-16)27-11-3-8-20(24)25/h1-2,4-7,9-10,12-13H,3,8,11H2,(H,23,26)(H,24,25). The van der Waals surface area contributed by atoms with Crippen LogP contribution in [0.25, 0.3) is 11.3 Å². The average molecular weight is 400 g/mol. The average Bonchev–Trinajstić information content (AvgIpc) is 3.16. The second-order valence-electron chi connectivity index (χ2n) is 6.00. The van der Waals surface area contributed by atoms with Crippen molar-refractivity contribution in [2.24, 2.45) is 0 Å². The van der Waals surface area contributed by atoms with Crippen molar-refractivity contribution in [1.82, 2.24) is 0 Å². The van der Waals surface area contributed by atoms with E-state index >= 15 is 0 Å². The zero-order valence-corrected chi connectivity index (χ0v) is 15.6. The highest BCUT2D eigenvalue weighted by Crippen LogP contribution is 2.25. The maximum Gasteiger partial charge on any atom is 0.303 e. The number of amides is 1. The van der Waals surface area contributed by atoms with Crippen molar-refractivity contribution in [3.8, 4) is 17.1 Å². The first-order valence-corrected chi connectivity index (χ1v) is 9.01. The van der Waals surface area contributed by atoms with Crippen LogP contribution in [0.5, 0.6) is 5.75 Å². The number of furan rings is 1. The molecule has 144 valence electrons. The fourth-order valence-electron chi connectivity index (χ4n) is 2.53. The van der Waals surface area contributed by atoms with Crippen LogP contribution >= 0.6 is 11.6 Å². The summed E-state index contributed by atoms with van der Waals surface area (Å²) in [6.45, 7) is 0.283. The Labute approximate surface area is 166 Å². The van der Waals surface area contributed by atoms with E-state index in [1.807, 2.05) is 12.1 Å². The van der Waals surface area contributed by atoms with Crippen LogP contribution in [0.4, 0.5) is 5.69 Å². The Morgan fingerprint density at radius 2 is 1.89 bits per heavy atom. The van der Waals surface area contributed by atoms with Crippen LogP contribution in [0.3, 0.4) is 0 Å². The number of anilines is 1. The number of hydrogen-bond donors (Lipinski definition) is 2. The normalized spacial score (nSPS) is 10.5. The van der Waals surface area contributed by atoms with Gasteiger partial charge in [0.1, 0.15) is 11.5 Å². The number of carbonyl (C=O) groups is 2. The number of rotatable bonds is 8. The Morgan fingerprint density at radius 1 is 1.07 bits per heavy atom. The molecule has 1 amide bonds. The van der Waals surface area contributed by atoms with Gasteiger partial charge in [-0.3, -0.25) is 9.59 Å². The van der Waals surface area contributed by atoms with Gasteiger partial charge >= 0.3 is 5.97 Å². The molecule has 1 aromatic heterocycles. The number of aliphatic carboxylic acids is 1. The summed E-state index contributed by atoms with van der Waals surface area (Å²) < 4.78 is 11.1. The Balaban J connectivity index is 1.62. The van der Waals surface area contributed by atoms with Crippen LogP contribution in [0.15, 0.2) is 65.1 Å². The fraction of sp³-hybridized carbons (Fsp3) is 0.143. The van der Waals surface area contributed by atoms with Crippen LogP contribution in [-0.2, 0) is 4.79 Å². The van der Waals surface area contributed by atoms with Gasteiger partial charge in [-0.2, -0.15) is 0 Å². The Morgan fingerprint density at radius 3 is 2.68 bits per heavy atom. The minimum Gasteiger partial charge on any atom is -0.494 e. The topological polar surface area (TPSA) is 88.8 Å². The zero-order chi connectivity index (χ0) is 19.9. The molecule has 6 nitrogen and oxygen atoms in total. The molecule has 0 aliphatic rings. The molecule has 0 atom stereocenters. The fourth-order valence-corrected chi connectivity index (χ4v) is 2.72. The van der Waals surface area contributed by atoms with Crippen molar-refractivity contribution in [3.63, 3.8) is 0 Å². The summed E-state index contributed by atoms with van der Waals surface area (Å²) in [5, 5.41) is 12.0. The minimum atomic E-state index is -0.861. The lowest BCUT2D eigenvalue weighted by Crippen LogP contribution is -2.11. The first-order chi connectivity index (χ1) is 13.5. The largest absolute Gasteiger partial charge is 0.494 e. The molecule has 28 heavy (non-hydrogen) atoms. The second-order valence-corrected chi connectivity index (χ2v) is 6.44. The molecule has 7 heteroatoms. The molecule has 0 aliphatic heterocycles. The highest BCUT2D eigenvalue weighted by atomic mass is 35.5. The van der Waals surface area contributed by atoms with Crippen molar-refractivity contribution < 1.29 is 23.8 Å². The lowest BCUT2D eigenvalue weighted by atomic mass is 10.2. The summed E-state index contributed by atoms with van der Waals surface area (Å²) in [5.41, 5.74) is 1.32. The number of carboxylic acid groups (broad SMARTS) is 1. The van der Waals surface area contributed by atoms with Gasteiger partial charge in [0.2, 0.25) is 0 Å².